The molecular weight excluding hydrogens is 409 g/mol. The zero-order valence-corrected chi connectivity index (χ0v) is 17.7. The van der Waals surface area contributed by atoms with Crippen molar-refractivity contribution in [3.63, 3.8) is 0 Å². The van der Waals surface area contributed by atoms with Gasteiger partial charge in [0, 0.05) is 26.9 Å². The van der Waals surface area contributed by atoms with Crippen molar-refractivity contribution in [2.24, 2.45) is 0 Å². The third-order valence-corrected chi connectivity index (χ3v) is 4.97. The van der Waals surface area contributed by atoms with Crippen LogP contribution in [0.25, 0.3) is 0 Å². The Balaban J connectivity index is 1.81. The number of amides is 1. The molecule has 0 aliphatic rings. The van der Waals surface area contributed by atoms with E-state index in [1.807, 2.05) is 32.0 Å². The highest BCUT2D eigenvalue weighted by Gasteiger charge is 2.13. The Bertz CT molecular complexity index is 1020. The third-order valence-electron chi connectivity index (χ3n) is 4.33. The van der Waals surface area contributed by atoms with Crippen LogP contribution in [-0.4, -0.2) is 12.5 Å². The summed E-state index contributed by atoms with van der Waals surface area (Å²) in [5, 5.41) is 4.10. The highest BCUT2D eigenvalue weighted by Crippen LogP contribution is 2.26. The molecular formula is C23H21Cl2NO3. The molecule has 0 aliphatic heterocycles. The first-order valence-electron chi connectivity index (χ1n) is 9.18. The normalized spacial score (nSPS) is 10.5. The van der Waals surface area contributed by atoms with E-state index in [1.165, 1.54) is 0 Å². The summed E-state index contributed by atoms with van der Waals surface area (Å²) in [6, 6.07) is 17.8. The van der Waals surface area contributed by atoms with Gasteiger partial charge in [-0.1, -0.05) is 35.3 Å². The van der Waals surface area contributed by atoms with E-state index in [0.29, 0.717) is 39.4 Å². The van der Waals surface area contributed by atoms with Gasteiger partial charge in [-0.15, -0.1) is 0 Å². The first-order chi connectivity index (χ1) is 14.0. The molecule has 0 atom stereocenters. The number of benzene rings is 3. The minimum atomic E-state index is -0.234. The maximum Gasteiger partial charge on any atom is 0.255 e. The Kier molecular flexibility index (Phi) is 7.02. The standard InChI is InChI=1S/C23H21Cl2NO3/c1-3-28-22-11-10-16(23(27)26-21-9-5-8-20(25)15(21)2)12-17(22)14-29-19-7-4-6-18(24)13-19/h4-13H,3,14H2,1-2H3,(H,26,27). The number of halogens is 2. The van der Waals surface area contributed by atoms with E-state index in [1.54, 1.807) is 42.5 Å². The summed E-state index contributed by atoms with van der Waals surface area (Å²) in [7, 11) is 0. The van der Waals surface area contributed by atoms with Crippen molar-refractivity contribution < 1.29 is 14.3 Å². The second-order valence-electron chi connectivity index (χ2n) is 6.37. The quantitative estimate of drug-likeness (QED) is 0.464. The molecule has 3 aromatic carbocycles. The predicted octanol–water partition coefficient (Wildman–Crippen LogP) is 6.53. The number of ether oxygens (including phenoxy) is 2. The molecule has 0 bridgehead atoms. The molecule has 1 amide bonds. The molecule has 0 radical (unpaired) electrons. The molecule has 0 saturated heterocycles. The summed E-state index contributed by atoms with van der Waals surface area (Å²) >= 11 is 12.1. The second kappa shape index (κ2) is 9.68. The number of nitrogens with one attached hydrogen (secondary N) is 1. The van der Waals surface area contributed by atoms with Crippen LogP contribution in [0.1, 0.15) is 28.4 Å². The van der Waals surface area contributed by atoms with Crippen molar-refractivity contribution in [3.05, 3.63) is 87.4 Å². The van der Waals surface area contributed by atoms with Gasteiger partial charge in [0.2, 0.25) is 0 Å². The van der Waals surface area contributed by atoms with Crippen molar-refractivity contribution in [2.75, 3.05) is 11.9 Å². The Morgan fingerprint density at radius 1 is 1.00 bits per heavy atom. The smallest absolute Gasteiger partial charge is 0.255 e. The van der Waals surface area contributed by atoms with Gasteiger partial charge in [0.15, 0.2) is 0 Å². The molecule has 6 heteroatoms. The van der Waals surface area contributed by atoms with E-state index in [4.69, 9.17) is 32.7 Å². The Morgan fingerprint density at radius 3 is 2.55 bits per heavy atom. The average molecular weight is 430 g/mol. The minimum absolute atomic E-state index is 0.234. The maximum absolute atomic E-state index is 12.8. The Labute approximate surface area is 180 Å². The molecule has 1 N–H and O–H groups in total. The van der Waals surface area contributed by atoms with Crippen molar-refractivity contribution in [3.8, 4) is 11.5 Å². The summed E-state index contributed by atoms with van der Waals surface area (Å²) in [4.78, 5) is 12.8. The second-order valence-corrected chi connectivity index (χ2v) is 7.21. The Hall–Kier alpha value is -2.69. The van der Waals surface area contributed by atoms with Crippen LogP contribution in [0, 0.1) is 6.92 Å². The third kappa shape index (κ3) is 5.43. The molecule has 4 nitrogen and oxygen atoms in total. The predicted molar refractivity (Wildman–Crippen MR) is 118 cm³/mol. The summed E-state index contributed by atoms with van der Waals surface area (Å²) in [5.74, 6) is 1.08. The van der Waals surface area contributed by atoms with Gasteiger partial charge in [-0.3, -0.25) is 4.79 Å². The fourth-order valence-electron chi connectivity index (χ4n) is 2.79. The molecule has 0 fully saturated rings. The SMILES string of the molecule is CCOc1ccc(C(=O)Nc2cccc(Cl)c2C)cc1COc1cccc(Cl)c1. The molecule has 29 heavy (non-hydrogen) atoms. The van der Waals surface area contributed by atoms with E-state index in [-0.39, 0.29) is 12.5 Å². The first kappa shape index (κ1) is 21.0. The van der Waals surface area contributed by atoms with Gasteiger partial charge in [-0.05, 0) is 67.9 Å². The summed E-state index contributed by atoms with van der Waals surface area (Å²) < 4.78 is 11.5. The molecule has 0 saturated carbocycles. The number of hydrogen-bond acceptors (Lipinski definition) is 3. The molecule has 3 aromatic rings. The highest BCUT2D eigenvalue weighted by atomic mass is 35.5. The van der Waals surface area contributed by atoms with Crippen LogP contribution in [0.15, 0.2) is 60.7 Å². The van der Waals surface area contributed by atoms with Crippen LogP contribution < -0.4 is 14.8 Å². The van der Waals surface area contributed by atoms with Crippen LogP contribution in [-0.2, 0) is 6.61 Å². The van der Waals surface area contributed by atoms with E-state index in [2.05, 4.69) is 5.32 Å². The lowest BCUT2D eigenvalue weighted by molar-refractivity contribution is 0.102. The molecule has 0 spiro atoms. The van der Waals surface area contributed by atoms with Gasteiger partial charge < -0.3 is 14.8 Å². The molecule has 0 unspecified atom stereocenters. The van der Waals surface area contributed by atoms with Crippen LogP contribution in [0.3, 0.4) is 0 Å². The lowest BCUT2D eigenvalue weighted by atomic mass is 10.1. The van der Waals surface area contributed by atoms with E-state index in [0.717, 1.165) is 11.1 Å². The van der Waals surface area contributed by atoms with Gasteiger partial charge in [0.1, 0.15) is 18.1 Å². The Morgan fingerprint density at radius 2 is 1.79 bits per heavy atom. The zero-order valence-electron chi connectivity index (χ0n) is 16.2. The van der Waals surface area contributed by atoms with Crippen LogP contribution in [0.2, 0.25) is 10.0 Å². The van der Waals surface area contributed by atoms with E-state index >= 15 is 0 Å². The van der Waals surface area contributed by atoms with Gasteiger partial charge in [-0.2, -0.15) is 0 Å². The lowest BCUT2D eigenvalue weighted by Gasteiger charge is -2.14. The zero-order chi connectivity index (χ0) is 20.8. The fourth-order valence-corrected chi connectivity index (χ4v) is 3.14. The largest absolute Gasteiger partial charge is 0.493 e. The molecule has 150 valence electrons. The van der Waals surface area contributed by atoms with Crippen molar-refractivity contribution in [1.29, 1.82) is 0 Å². The number of anilines is 1. The summed E-state index contributed by atoms with van der Waals surface area (Å²) in [6.07, 6.45) is 0. The first-order valence-corrected chi connectivity index (χ1v) is 9.94. The van der Waals surface area contributed by atoms with E-state index < -0.39 is 0 Å². The summed E-state index contributed by atoms with van der Waals surface area (Å²) in [6.45, 7) is 4.52. The van der Waals surface area contributed by atoms with Gasteiger partial charge >= 0.3 is 0 Å². The van der Waals surface area contributed by atoms with Crippen LogP contribution in [0.5, 0.6) is 11.5 Å². The molecule has 0 aliphatic carbocycles. The van der Waals surface area contributed by atoms with Crippen molar-refractivity contribution in [2.45, 2.75) is 20.5 Å². The van der Waals surface area contributed by atoms with Gasteiger partial charge in [-0.25, -0.2) is 0 Å². The topological polar surface area (TPSA) is 47.6 Å². The number of hydrogen-bond donors (Lipinski definition) is 1. The number of carbonyl (C=O) groups is 1. The lowest BCUT2D eigenvalue weighted by Crippen LogP contribution is -2.14. The van der Waals surface area contributed by atoms with Crippen LogP contribution in [0.4, 0.5) is 5.69 Å². The summed E-state index contributed by atoms with van der Waals surface area (Å²) in [5.41, 5.74) is 2.76. The minimum Gasteiger partial charge on any atom is -0.493 e. The molecule has 3 rings (SSSR count). The fraction of sp³-hybridized carbons (Fsp3) is 0.174. The highest BCUT2D eigenvalue weighted by molar-refractivity contribution is 6.32. The van der Waals surface area contributed by atoms with Crippen molar-refractivity contribution >= 4 is 34.8 Å². The van der Waals surface area contributed by atoms with Crippen molar-refractivity contribution in [1.82, 2.24) is 0 Å². The maximum atomic E-state index is 12.8. The molecule has 0 aromatic heterocycles. The van der Waals surface area contributed by atoms with Gasteiger partial charge in [0.25, 0.3) is 5.91 Å². The van der Waals surface area contributed by atoms with Crippen LogP contribution >= 0.6 is 23.2 Å². The average Bonchev–Trinajstić information content (AvgIpc) is 2.71. The van der Waals surface area contributed by atoms with E-state index in [9.17, 15) is 4.79 Å². The number of carbonyl (C=O) groups excluding carboxylic acids is 1. The monoisotopic (exact) mass is 429 g/mol. The number of rotatable bonds is 7. The van der Waals surface area contributed by atoms with Gasteiger partial charge in [0.05, 0.1) is 6.61 Å². The molecule has 0 heterocycles.